The van der Waals surface area contributed by atoms with E-state index in [0.29, 0.717) is 16.9 Å². The third-order valence-electron chi connectivity index (χ3n) is 3.26. The lowest BCUT2D eigenvalue weighted by molar-refractivity contribution is 0.629. The van der Waals surface area contributed by atoms with Crippen molar-refractivity contribution in [3.8, 4) is 11.4 Å². The highest BCUT2D eigenvalue weighted by Crippen LogP contribution is 2.28. The lowest BCUT2D eigenvalue weighted by atomic mass is 10.1. The topological polar surface area (TPSA) is 69.9 Å². The van der Waals surface area contributed by atoms with Crippen LogP contribution in [0.5, 0.6) is 0 Å². The van der Waals surface area contributed by atoms with Gasteiger partial charge in [0.2, 0.25) is 0 Å². The molecule has 0 aliphatic rings. The van der Waals surface area contributed by atoms with Crippen LogP contribution in [0.3, 0.4) is 0 Å². The molecule has 4 N–H and O–H groups in total. The van der Waals surface area contributed by atoms with Gasteiger partial charge in [-0.15, -0.1) is 0 Å². The minimum atomic E-state index is -0.295. The molecule has 0 fully saturated rings. The van der Waals surface area contributed by atoms with Crippen LogP contribution in [-0.4, -0.2) is 9.55 Å². The minimum Gasteiger partial charge on any atom is -0.399 e. The van der Waals surface area contributed by atoms with Crippen molar-refractivity contribution in [2.45, 2.75) is 13.5 Å². The number of fused-ring (bicyclic) bond motifs is 1. The highest BCUT2D eigenvalue weighted by atomic mass is 19.1. The molecule has 0 bridgehead atoms. The van der Waals surface area contributed by atoms with Crippen LogP contribution in [0.2, 0.25) is 0 Å². The van der Waals surface area contributed by atoms with Gasteiger partial charge in [-0.05, 0) is 37.3 Å². The molecule has 0 aliphatic carbocycles. The van der Waals surface area contributed by atoms with E-state index in [0.717, 1.165) is 23.4 Å². The maximum atomic E-state index is 13.3. The Balaban J connectivity index is 2.29. The Morgan fingerprint density at radius 2 is 1.80 bits per heavy atom. The molecule has 4 nitrogen and oxygen atoms in total. The summed E-state index contributed by atoms with van der Waals surface area (Å²) in [7, 11) is 0. The molecule has 0 saturated carbocycles. The molecule has 5 heteroatoms. The van der Waals surface area contributed by atoms with Crippen molar-refractivity contribution in [2.24, 2.45) is 0 Å². The number of nitrogens with zero attached hydrogens (tertiary/aromatic N) is 2. The number of anilines is 2. The van der Waals surface area contributed by atoms with Gasteiger partial charge in [-0.1, -0.05) is 0 Å². The fourth-order valence-corrected chi connectivity index (χ4v) is 2.45. The van der Waals surface area contributed by atoms with E-state index in [1.54, 1.807) is 12.1 Å². The fraction of sp³-hybridized carbons (Fsp3) is 0.133. The predicted molar refractivity (Wildman–Crippen MR) is 79.6 cm³/mol. The van der Waals surface area contributed by atoms with Gasteiger partial charge < -0.3 is 16.0 Å². The number of rotatable bonds is 2. The molecular formula is C15H15FN4. The van der Waals surface area contributed by atoms with Crippen LogP contribution in [0.15, 0.2) is 36.4 Å². The highest BCUT2D eigenvalue weighted by molar-refractivity contribution is 5.82. The lowest BCUT2D eigenvalue weighted by Gasteiger charge is -2.07. The van der Waals surface area contributed by atoms with Crippen molar-refractivity contribution in [1.29, 1.82) is 0 Å². The summed E-state index contributed by atoms with van der Waals surface area (Å²) >= 11 is 0. The summed E-state index contributed by atoms with van der Waals surface area (Å²) in [4.78, 5) is 4.51. The van der Waals surface area contributed by atoms with Crippen molar-refractivity contribution >= 4 is 22.4 Å². The quantitative estimate of drug-likeness (QED) is 0.703. The molecule has 20 heavy (non-hydrogen) atoms. The van der Waals surface area contributed by atoms with E-state index in [1.807, 2.05) is 23.6 Å². The van der Waals surface area contributed by atoms with Gasteiger partial charge in [-0.25, -0.2) is 9.37 Å². The van der Waals surface area contributed by atoms with E-state index < -0.39 is 0 Å². The summed E-state index contributed by atoms with van der Waals surface area (Å²) in [6.07, 6.45) is 0. The zero-order valence-electron chi connectivity index (χ0n) is 11.1. The van der Waals surface area contributed by atoms with E-state index in [9.17, 15) is 4.39 Å². The zero-order valence-corrected chi connectivity index (χ0v) is 11.1. The second-order valence-electron chi connectivity index (χ2n) is 4.70. The largest absolute Gasteiger partial charge is 0.399 e. The highest BCUT2D eigenvalue weighted by Gasteiger charge is 2.12. The van der Waals surface area contributed by atoms with Gasteiger partial charge >= 0.3 is 0 Å². The molecule has 0 spiro atoms. The van der Waals surface area contributed by atoms with Gasteiger partial charge in [-0.2, -0.15) is 0 Å². The SMILES string of the molecule is CCn1c(-c2cc(N)cc(N)c2)nc2cc(F)ccc21. The second-order valence-corrected chi connectivity index (χ2v) is 4.70. The smallest absolute Gasteiger partial charge is 0.141 e. The number of halogens is 1. The van der Waals surface area contributed by atoms with E-state index in [4.69, 9.17) is 11.5 Å². The van der Waals surface area contributed by atoms with Crippen LogP contribution in [0.1, 0.15) is 6.92 Å². The van der Waals surface area contributed by atoms with E-state index in [-0.39, 0.29) is 5.82 Å². The molecule has 102 valence electrons. The van der Waals surface area contributed by atoms with Crippen LogP contribution in [0.4, 0.5) is 15.8 Å². The third kappa shape index (κ3) is 1.97. The Kier molecular flexibility index (Phi) is 2.82. The van der Waals surface area contributed by atoms with Crippen molar-refractivity contribution in [1.82, 2.24) is 9.55 Å². The molecule has 0 amide bonds. The van der Waals surface area contributed by atoms with Crippen molar-refractivity contribution in [3.05, 3.63) is 42.2 Å². The molecule has 3 aromatic rings. The van der Waals surface area contributed by atoms with Crippen LogP contribution >= 0.6 is 0 Å². The standard InChI is InChI=1S/C15H15FN4/c1-2-20-14-4-3-10(16)7-13(14)19-15(20)9-5-11(17)8-12(18)6-9/h3-8H,2,17-18H2,1H3. The Bertz CT molecular complexity index is 772. The van der Waals surface area contributed by atoms with Gasteiger partial charge in [0, 0.05) is 29.5 Å². The maximum Gasteiger partial charge on any atom is 0.141 e. The Morgan fingerprint density at radius 3 is 2.45 bits per heavy atom. The average Bonchev–Trinajstić information content (AvgIpc) is 2.75. The summed E-state index contributed by atoms with van der Waals surface area (Å²) in [6.45, 7) is 2.75. The zero-order chi connectivity index (χ0) is 14.3. The number of nitrogens with two attached hydrogens (primary N) is 2. The number of hydrogen-bond donors (Lipinski definition) is 2. The van der Waals surface area contributed by atoms with E-state index in [2.05, 4.69) is 4.98 Å². The molecule has 2 aromatic carbocycles. The van der Waals surface area contributed by atoms with E-state index >= 15 is 0 Å². The summed E-state index contributed by atoms with van der Waals surface area (Å²) in [5, 5.41) is 0. The molecule has 0 unspecified atom stereocenters. The molecule has 3 rings (SSSR count). The molecule has 0 atom stereocenters. The summed E-state index contributed by atoms with van der Waals surface area (Å²) in [6, 6.07) is 9.94. The second kappa shape index (κ2) is 4.52. The van der Waals surface area contributed by atoms with Crippen LogP contribution in [0, 0.1) is 5.82 Å². The maximum absolute atomic E-state index is 13.3. The number of imidazole rings is 1. The molecule has 1 heterocycles. The number of benzene rings is 2. The Hall–Kier alpha value is -2.56. The first-order valence-corrected chi connectivity index (χ1v) is 6.40. The van der Waals surface area contributed by atoms with Crippen molar-refractivity contribution in [2.75, 3.05) is 11.5 Å². The van der Waals surface area contributed by atoms with E-state index in [1.165, 1.54) is 12.1 Å². The minimum absolute atomic E-state index is 0.295. The monoisotopic (exact) mass is 270 g/mol. The van der Waals surface area contributed by atoms with Gasteiger partial charge in [0.1, 0.15) is 11.6 Å². The molecular weight excluding hydrogens is 255 g/mol. The number of hydrogen-bond acceptors (Lipinski definition) is 3. The predicted octanol–water partition coefficient (Wildman–Crippen LogP) is 3.03. The number of aryl methyl sites for hydroxylation is 1. The summed E-state index contributed by atoms with van der Waals surface area (Å²) < 4.78 is 15.3. The first-order chi connectivity index (χ1) is 9.58. The third-order valence-corrected chi connectivity index (χ3v) is 3.26. The Labute approximate surface area is 115 Å². The summed E-state index contributed by atoms with van der Waals surface area (Å²) in [5.74, 6) is 0.448. The van der Waals surface area contributed by atoms with Gasteiger partial charge in [0.25, 0.3) is 0 Å². The number of aromatic nitrogens is 2. The molecule has 1 aromatic heterocycles. The first-order valence-electron chi connectivity index (χ1n) is 6.40. The molecule has 0 radical (unpaired) electrons. The summed E-state index contributed by atoms with van der Waals surface area (Å²) in [5.41, 5.74) is 15.2. The molecule has 0 aliphatic heterocycles. The fourth-order valence-electron chi connectivity index (χ4n) is 2.45. The van der Waals surface area contributed by atoms with Gasteiger partial charge in [0.05, 0.1) is 11.0 Å². The average molecular weight is 270 g/mol. The lowest BCUT2D eigenvalue weighted by Crippen LogP contribution is -1.99. The van der Waals surface area contributed by atoms with Crippen molar-refractivity contribution < 1.29 is 4.39 Å². The molecule has 0 saturated heterocycles. The first kappa shape index (κ1) is 12.5. The number of nitrogen functional groups attached to an aromatic ring is 2. The Morgan fingerprint density at radius 1 is 1.10 bits per heavy atom. The van der Waals surface area contributed by atoms with Gasteiger partial charge in [0.15, 0.2) is 0 Å². The van der Waals surface area contributed by atoms with Crippen LogP contribution in [0.25, 0.3) is 22.4 Å². The van der Waals surface area contributed by atoms with Crippen molar-refractivity contribution in [3.63, 3.8) is 0 Å². The van der Waals surface area contributed by atoms with Crippen LogP contribution in [-0.2, 0) is 6.54 Å². The normalized spacial score (nSPS) is 11.1. The van der Waals surface area contributed by atoms with Crippen LogP contribution < -0.4 is 11.5 Å². The van der Waals surface area contributed by atoms with Gasteiger partial charge in [-0.3, -0.25) is 0 Å².